The Morgan fingerprint density at radius 3 is 2.58 bits per heavy atom. The summed E-state index contributed by atoms with van der Waals surface area (Å²) in [6.07, 6.45) is 0.726. The molecule has 2 bridgehead atoms. The van der Waals surface area contributed by atoms with E-state index in [-0.39, 0.29) is 46.5 Å². The summed E-state index contributed by atoms with van der Waals surface area (Å²) >= 11 is 9.73. The number of hydrogen-bond donors (Lipinski definition) is 2. The summed E-state index contributed by atoms with van der Waals surface area (Å²) < 4.78 is 5.47. The highest BCUT2D eigenvalue weighted by Gasteiger charge is 2.67. The average molecular weight is 504 g/mol. The maximum atomic E-state index is 13.0. The Labute approximate surface area is 192 Å². The van der Waals surface area contributed by atoms with Gasteiger partial charge in [-0.15, -0.1) is 0 Å². The SMILES string of the molecule is Cc1c(Cl)cccc1NC(=O)c1ccc(NC(=O)[C@@H]2[C@H]3C[C@H]4[C@H](OC(=O)[C@@H]42)[C@H]3Br)cc1. The molecule has 0 spiro atoms. The molecule has 2 aliphatic carbocycles. The van der Waals surface area contributed by atoms with Gasteiger partial charge in [0.2, 0.25) is 5.91 Å². The van der Waals surface area contributed by atoms with Crippen LogP contribution in [-0.4, -0.2) is 28.7 Å². The van der Waals surface area contributed by atoms with Crippen LogP contribution < -0.4 is 10.6 Å². The van der Waals surface area contributed by atoms with Gasteiger partial charge >= 0.3 is 5.97 Å². The second-order valence-corrected chi connectivity index (χ2v) is 9.86. The molecule has 2 saturated carbocycles. The lowest BCUT2D eigenvalue weighted by atomic mass is 9.79. The van der Waals surface area contributed by atoms with Gasteiger partial charge in [-0.3, -0.25) is 14.4 Å². The number of anilines is 2. The summed E-state index contributed by atoms with van der Waals surface area (Å²) in [5.41, 5.74) is 2.49. The zero-order chi connectivity index (χ0) is 21.9. The van der Waals surface area contributed by atoms with Crippen molar-refractivity contribution in [3.05, 3.63) is 58.6 Å². The van der Waals surface area contributed by atoms with Crippen LogP contribution in [0.25, 0.3) is 0 Å². The minimum absolute atomic E-state index is 0.0250. The third-order valence-corrected chi connectivity index (χ3v) is 8.37. The van der Waals surface area contributed by atoms with Gasteiger partial charge in [-0.05, 0) is 61.2 Å². The predicted octanol–water partition coefficient (Wildman–Crippen LogP) is 4.41. The standard InChI is InChI=1S/C23H20BrClN2O4/c1-10-15(25)3-2-4-16(10)27-21(28)11-5-7-12(8-6-11)26-22(29)17-13-9-14-18(17)23(30)31-20(14)19(13)24/h2-8,13-14,17-20H,9H2,1H3,(H,26,29)(H,27,28)/t13-,14-,17-,18+,19+,20+/m1/s1. The molecule has 3 aliphatic rings. The van der Waals surface area contributed by atoms with E-state index >= 15 is 0 Å². The second kappa shape index (κ2) is 7.64. The summed E-state index contributed by atoms with van der Waals surface area (Å²) in [6.45, 7) is 1.84. The summed E-state index contributed by atoms with van der Waals surface area (Å²) in [5.74, 6) is -1.23. The number of carbonyl (C=O) groups is 3. The molecule has 2 N–H and O–H groups in total. The molecule has 2 aromatic rings. The van der Waals surface area contributed by atoms with Crippen LogP contribution in [0.2, 0.25) is 5.02 Å². The molecular weight excluding hydrogens is 484 g/mol. The maximum Gasteiger partial charge on any atom is 0.310 e. The molecule has 6 nitrogen and oxygen atoms in total. The van der Waals surface area contributed by atoms with Crippen molar-refractivity contribution in [2.75, 3.05) is 10.6 Å². The number of benzene rings is 2. The highest BCUT2D eigenvalue weighted by molar-refractivity contribution is 9.09. The number of ether oxygens (including phenoxy) is 1. The van der Waals surface area contributed by atoms with Crippen molar-refractivity contribution in [3.63, 3.8) is 0 Å². The van der Waals surface area contributed by atoms with E-state index < -0.39 is 5.92 Å². The van der Waals surface area contributed by atoms with Crippen LogP contribution in [0.5, 0.6) is 0 Å². The van der Waals surface area contributed by atoms with E-state index in [1.807, 2.05) is 6.92 Å². The largest absolute Gasteiger partial charge is 0.461 e. The molecule has 1 aliphatic heterocycles. The lowest BCUT2D eigenvalue weighted by Crippen LogP contribution is -2.40. The molecule has 0 radical (unpaired) electrons. The molecule has 6 atom stereocenters. The molecule has 0 unspecified atom stereocenters. The average Bonchev–Trinajstić information content (AvgIpc) is 3.36. The summed E-state index contributed by atoms with van der Waals surface area (Å²) in [7, 11) is 0. The molecule has 8 heteroatoms. The van der Waals surface area contributed by atoms with E-state index in [9.17, 15) is 14.4 Å². The van der Waals surface area contributed by atoms with Crippen molar-refractivity contribution in [2.45, 2.75) is 24.3 Å². The second-order valence-electron chi connectivity index (χ2n) is 8.39. The normalized spacial score (nSPS) is 30.2. The number of nitrogens with one attached hydrogen (secondary N) is 2. The predicted molar refractivity (Wildman–Crippen MR) is 120 cm³/mol. The Morgan fingerprint density at radius 1 is 1.10 bits per heavy atom. The van der Waals surface area contributed by atoms with E-state index in [1.165, 1.54) is 0 Å². The number of rotatable bonds is 4. The van der Waals surface area contributed by atoms with Crippen molar-refractivity contribution in [1.29, 1.82) is 0 Å². The van der Waals surface area contributed by atoms with Gasteiger partial charge in [0.05, 0.1) is 16.7 Å². The Kier molecular flexibility index (Phi) is 5.06. The van der Waals surface area contributed by atoms with Crippen molar-refractivity contribution in [3.8, 4) is 0 Å². The molecule has 0 aromatic heterocycles. The van der Waals surface area contributed by atoms with Crippen molar-refractivity contribution in [1.82, 2.24) is 0 Å². The van der Waals surface area contributed by atoms with E-state index in [0.29, 0.717) is 22.0 Å². The van der Waals surface area contributed by atoms with Gasteiger partial charge in [0.25, 0.3) is 5.91 Å². The van der Waals surface area contributed by atoms with Crippen LogP contribution in [-0.2, 0) is 14.3 Å². The monoisotopic (exact) mass is 502 g/mol. The molecule has 2 aromatic carbocycles. The quantitative estimate of drug-likeness (QED) is 0.478. The fraction of sp³-hybridized carbons (Fsp3) is 0.348. The molecule has 160 valence electrons. The molecule has 31 heavy (non-hydrogen) atoms. The zero-order valence-corrected chi connectivity index (χ0v) is 18.9. The lowest BCUT2D eigenvalue weighted by Gasteiger charge is -2.27. The summed E-state index contributed by atoms with van der Waals surface area (Å²) in [4.78, 5) is 37.8. The lowest BCUT2D eigenvalue weighted by molar-refractivity contribution is -0.145. The first kappa shape index (κ1) is 20.5. The summed E-state index contributed by atoms with van der Waals surface area (Å²) in [6, 6.07) is 12.0. The summed E-state index contributed by atoms with van der Waals surface area (Å²) in [5, 5.41) is 6.34. The topological polar surface area (TPSA) is 84.5 Å². The van der Waals surface area contributed by atoms with Gasteiger partial charge in [-0.2, -0.15) is 0 Å². The van der Waals surface area contributed by atoms with E-state index in [2.05, 4.69) is 26.6 Å². The fourth-order valence-electron chi connectivity index (χ4n) is 5.20. The molecular formula is C23H20BrClN2O4. The van der Waals surface area contributed by atoms with E-state index in [1.54, 1.807) is 42.5 Å². The fourth-order valence-corrected chi connectivity index (χ4v) is 6.42. The Hall–Kier alpha value is -2.38. The number of carbonyl (C=O) groups excluding carboxylic acids is 3. The molecule has 2 amide bonds. The highest BCUT2D eigenvalue weighted by atomic mass is 79.9. The molecule has 3 fully saturated rings. The van der Waals surface area contributed by atoms with Crippen LogP contribution in [0.3, 0.4) is 0 Å². The molecule has 1 heterocycles. The number of esters is 1. The van der Waals surface area contributed by atoms with Gasteiger partial charge in [-0.25, -0.2) is 0 Å². The van der Waals surface area contributed by atoms with Gasteiger partial charge in [-0.1, -0.05) is 33.6 Å². The first-order valence-electron chi connectivity index (χ1n) is 10.2. The first-order valence-corrected chi connectivity index (χ1v) is 11.5. The minimum atomic E-state index is -0.394. The third-order valence-electron chi connectivity index (χ3n) is 6.76. The number of alkyl halides is 1. The van der Waals surface area contributed by atoms with Crippen LogP contribution >= 0.6 is 27.5 Å². The van der Waals surface area contributed by atoms with Gasteiger partial charge in [0, 0.05) is 27.9 Å². The molecule has 5 rings (SSSR count). The van der Waals surface area contributed by atoms with Gasteiger partial charge in [0.15, 0.2) is 0 Å². The first-order chi connectivity index (χ1) is 14.8. The van der Waals surface area contributed by atoms with Crippen molar-refractivity contribution >= 4 is 56.7 Å². The smallest absolute Gasteiger partial charge is 0.310 e. The van der Waals surface area contributed by atoms with Crippen LogP contribution in [0.1, 0.15) is 22.3 Å². The van der Waals surface area contributed by atoms with E-state index in [4.69, 9.17) is 16.3 Å². The van der Waals surface area contributed by atoms with Crippen LogP contribution in [0, 0.1) is 30.6 Å². The minimum Gasteiger partial charge on any atom is -0.461 e. The Morgan fingerprint density at radius 2 is 1.84 bits per heavy atom. The third kappa shape index (κ3) is 3.34. The maximum absolute atomic E-state index is 13.0. The van der Waals surface area contributed by atoms with Crippen LogP contribution in [0.15, 0.2) is 42.5 Å². The van der Waals surface area contributed by atoms with Crippen molar-refractivity contribution < 1.29 is 19.1 Å². The van der Waals surface area contributed by atoms with E-state index in [0.717, 1.165) is 12.0 Å². The number of fused-ring (bicyclic) bond motifs is 1. The van der Waals surface area contributed by atoms with Crippen LogP contribution in [0.4, 0.5) is 11.4 Å². The number of halogens is 2. The molecule has 1 saturated heterocycles. The van der Waals surface area contributed by atoms with Gasteiger partial charge in [0.1, 0.15) is 6.10 Å². The Balaban J connectivity index is 1.26. The van der Waals surface area contributed by atoms with Crippen molar-refractivity contribution in [2.24, 2.45) is 23.7 Å². The highest BCUT2D eigenvalue weighted by Crippen LogP contribution is 2.60. The number of amides is 2. The number of hydrogen-bond acceptors (Lipinski definition) is 4. The zero-order valence-electron chi connectivity index (χ0n) is 16.6. The Bertz CT molecular complexity index is 1090. The van der Waals surface area contributed by atoms with Gasteiger partial charge < -0.3 is 15.4 Å².